The number of nitrogens with one attached hydrogen (secondary N) is 2. The van der Waals surface area contributed by atoms with Crippen LogP contribution in [0.1, 0.15) is 40.0 Å². The van der Waals surface area contributed by atoms with Gasteiger partial charge in [-0.25, -0.2) is 17.8 Å². The van der Waals surface area contributed by atoms with Crippen molar-refractivity contribution in [2.75, 3.05) is 5.32 Å². The van der Waals surface area contributed by atoms with Gasteiger partial charge in [0.05, 0.1) is 17.6 Å². The van der Waals surface area contributed by atoms with Gasteiger partial charge in [0.2, 0.25) is 10.0 Å². The van der Waals surface area contributed by atoms with Crippen LogP contribution in [0.2, 0.25) is 0 Å². The van der Waals surface area contributed by atoms with E-state index in [2.05, 4.69) is 15.1 Å². The van der Waals surface area contributed by atoms with E-state index >= 15 is 0 Å². The van der Waals surface area contributed by atoms with Crippen molar-refractivity contribution in [2.45, 2.75) is 31.3 Å². The summed E-state index contributed by atoms with van der Waals surface area (Å²) in [5.74, 6) is 0.105. The Kier molecular flexibility index (Phi) is 6.90. The molecule has 0 spiro atoms. The Morgan fingerprint density at radius 3 is 2.44 bits per heavy atom. The first-order valence-electron chi connectivity index (χ1n) is 10.9. The molecule has 0 aliphatic heterocycles. The van der Waals surface area contributed by atoms with Crippen LogP contribution in [-0.2, 0) is 16.6 Å². The molecule has 0 aliphatic rings. The first-order chi connectivity index (χ1) is 16.3. The molecular weight excluding hydrogens is 448 g/mol. The van der Waals surface area contributed by atoms with Crippen LogP contribution < -0.4 is 10.0 Å². The molecule has 1 heterocycles. The number of hydrogen-bond acceptors (Lipinski definition) is 4. The van der Waals surface area contributed by atoms with Gasteiger partial charge in [0, 0.05) is 17.7 Å². The number of nitrogens with zero attached hydrogens (tertiary/aromatic N) is 2. The van der Waals surface area contributed by atoms with Crippen molar-refractivity contribution in [3.8, 4) is 0 Å². The highest BCUT2D eigenvalue weighted by atomic mass is 32.2. The Hall–Kier alpha value is -3.75. The van der Waals surface area contributed by atoms with E-state index in [0.29, 0.717) is 12.4 Å². The molecule has 0 fully saturated rings. The van der Waals surface area contributed by atoms with Gasteiger partial charge >= 0.3 is 0 Å². The van der Waals surface area contributed by atoms with Crippen LogP contribution in [0.25, 0.3) is 0 Å². The van der Waals surface area contributed by atoms with E-state index in [-0.39, 0.29) is 10.5 Å². The largest absolute Gasteiger partial charge is 0.307 e. The van der Waals surface area contributed by atoms with Crippen molar-refractivity contribution >= 4 is 21.7 Å². The standard InChI is InChI=1S/C26H26N4O3S/c1-19-11-13-21(14-12-19)18-30-25(15-16-27-30)28-26(31)23-9-6-10-24(17-23)34(32,33)29-20(2)22-7-4-3-5-8-22/h3-17,20,29H,18H2,1-2H3,(H,28,31). The number of benzene rings is 3. The lowest BCUT2D eigenvalue weighted by atomic mass is 10.1. The molecule has 8 heteroatoms. The molecule has 2 N–H and O–H groups in total. The smallest absolute Gasteiger partial charge is 0.256 e. The molecular formula is C26H26N4O3S. The number of rotatable bonds is 8. The van der Waals surface area contributed by atoms with Crippen molar-refractivity contribution in [1.82, 2.24) is 14.5 Å². The Labute approximate surface area is 199 Å². The Morgan fingerprint density at radius 1 is 0.971 bits per heavy atom. The molecule has 34 heavy (non-hydrogen) atoms. The second kappa shape index (κ2) is 10.0. The molecule has 1 aromatic heterocycles. The summed E-state index contributed by atoms with van der Waals surface area (Å²) >= 11 is 0. The van der Waals surface area contributed by atoms with E-state index in [1.807, 2.05) is 61.5 Å². The third-order valence-corrected chi connectivity index (χ3v) is 6.99. The summed E-state index contributed by atoms with van der Waals surface area (Å²) in [6, 6.07) is 24.6. The maximum absolute atomic E-state index is 12.9. The van der Waals surface area contributed by atoms with Crippen molar-refractivity contribution < 1.29 is 13.2 Å². The zero-order valence-electron chi connectivity index (χ0n) is 19.0. The van der Waals surface area contributed by atoms with Crippen LogP contribution in [0.15, 0.2) is 96.0 Å². The maximum Gasteiger partial charge on any atom is 0.256 e. The van der Waals surface area contributed by atoms with Crippen LogP contribution in [0.3, 0.4) is 0 Å². The zero-order chi connectivity index (χ0) is 24.1. The average Bonchev–Trinajstić information content (AvgIpc) is 3.27. The molecule has 1 atom stereocenters. The van der Waals surface area contributed by atoms with E-state index in [1.165, 1.54) is 17.7 Å². The summed E-state index contributed by atoms with van der Waals surface area (Å²) in [5.41, 5.74) is 3.30. The third-order valence-electron chi connectivity index (χ3n) is 5.45. The minimum Gasteiger partial charge on any atom is -0.307 e. The zero-order valence-corrected chi connectivity index (χ0v) is 19.8. The second-order valence-electron chi connectivity index (χ2n) is 8.10. The molecule has 1 amide bonds. The lowest BCUT2D eigenvalue weighted by Gasteiger charge is -2.15. The summed E-state index contributed by atoms with van der Waals surface area (Å²) in [6.45, 7) is 4.30. The number of carbonyl (C=O) groups is 1. The highest BCUT2D eigenvalue weighted by Gasteiger charge is 2.20. The number of amides is 1. The third kappa shape index (κ3) is 5.59. The summed E-state index contributed by atoms with van der Waals surface area (Å²) in [4.78, 5) is 12.9. The fourth-order valence-corrected chi connectivity index (χ4v) is 4.81. The predicted molar refractivity (Wildman–Crippen MR) is 132 cm³/mol. The Morgan fingerprint density at radius 2 is 1.71 bits per heavy atom. The number of aromatic nitrogens is 2. The molecule has 0 saturated heterocycles. The molecule has 3 aromatic carbocycles. The highest BCUT2D eigenvalue weighted by Crippen LogP contribution is 2.19. The summed E-state index contributed by atoms with van der Waals surface area (Å²) in [6.07, 6.45) is 1.61. The first kappa shape index (κ1) is 23.4. The normalized spacial score (nSPS) is 12.3. The van der Waals surface area contributed by atoms with Gasteiger partial charge < -0.3 is 5.32 Å². The van der Waals surface area contributed by atoms with Crippen LogP contribution >= 0.6 is 0 Å². The number of sulfonamides is 1. The number of aryl methyl sites for hydroxylation is 1. The van der Waals surface area contributed by atoms with Gasteiger partial charge in [-0.3, -0.25) is 4.79 Å². The van der Waals surface area contributed by atoms with Crippen molar-refractivity contribution in [2.24, 2.45) is 0 Å². The van der Waals surface area contributed by atoms with Gasteiger partial charge in [-0.1, -0.05) is 66.2 Å². The summed E-state index contributed by atoms with van der Waals surface area (Å²) in [7, 11) is -3.83. The summed E-state index contributed by atoms with van der Waals surface area (Å²) < 4.78 is 30.2. The molecule has 0 radical (unpaired) electrons. The van der Waals surface area contributed by atoms with Gasteiger partial charge in [0.1, 0.15) is 5.82 Å². The first-order valence-corrected chi connectivity index (χ1v) is 12.4. The lowest BCUT2D eigenvalue weighted by molar-refractivity contribution is 0.102. The van der Waals surface area contributed by atoms with Gasteiger partial charge in [0.25, 0.3) is 5.91 Å². The van der Waals surface area contributed by atoms with E-state index in [9.17, 15) is 13.2 Å². The van der Waals surface area contributed by atoms with Crippen molar-refractivity contribution in [3.63, 3.8) is 0 Å². The Balaban J connectivity index is 1.48. The summed E-state index contributed by atoms with van der Waals surface area (Å²) in [5, 5.41) is 7.13. The molecule has 1 unspecified atom stereocenters. The minimum atomic E-state index is -3.83. The quantitative estimate of drug-likeness (QED) is 0.392. The van der Waals surface area contributed by atoms with E-state index < -0.39 is 22.0 Å². The van der Waals surface area contributed by atoms with Crippen LogP contribution in [0, 0.1) is 6.92 Å². The second-order valence-corrected chi connectivity index (χ2v) is 9.81. The lowest BCUT2D eigenvalue weighted by Crippen LogP contribution is -2.27. The monoisotopic (exact) mass is 474 g/mol. The van der Waals surface area contributed by atoms with Crippen molar-refractivity contribution in [1.29, 1.82) is 0 Å². The number of carbonyl (C=O) groups excluding carboxylic acids is 1. The van der Waals surface area contributed by atoms with Crippen LogP contribution in [-0.4, -0.2) is 24.1 Å². The van der Waals surface area contributed by atoms with E-state index in [1.54, 1.807) is 36.0 Å². The van der Waals surface area contributed by atoms with Gasteiger partial charge in [0.15, 0.2) is 0 Å². The maximum atomic E-state index is 12.9. The van der Waals surface area contributed by atoms with E-state index in [0.717, 1.165) is 11.1 Å². The van der Waals surface area contributed by atoms with Gasteiger partial charge in [-0.2, -0.15) is 5.10 Å². The molecule has 4 aromatic rings. The fraction of sp³-hybridized carbons (Fsp3) is 0.154. The molecule has 0 bridgehead atoms. The van der Waals surface area contributed by atoms with Gasteiger partial charge in [-0.15, -0.1) is 0 Å². The average molecular weight is 475 g/mol. The molecule has 0 aliphatic carbocycles. The number of hydrogen-bond donors (Lipinski definition) is 2. The predicted octanol–water partition coefficient (Wildman–Crippen LogP) is 4.53. The molecule has 174 valence electrons. The minimum absolute atomic E-state index is 0.0242. The molecule has 0 saturated carbocycles. The van der Waals surface area contributed by atoms with Crippen LogP contribution in [0.5, 0.6) is 0 Å². The van der Waals surface area contributed by atoms with Crippen LogP contribution in [0.4, 0.5) is 5.82 Å². The van der Waals surface area contributed by atoms with E-state index in [4.69, 9.17) is 0 Å². The molecule has 7 nitrogen and oxygen atoms in total. The fourth-order valence-electron chi connectivity index (χ4n) is 3.53. The topological polar surface area (TPSA) is 93.1 Å². The van der Waals surface area contributed by atoms with Gasteiger partial charge in [-0.05, 0) is 43.2 Å². The molecule has 4 rings (SSSR count). The number of anilines is 1. The SMILES string of the molecule is Cc1ccc(Cn2nccc2NC(=O)c2cccc(S(=O)(=O)NC(C)c3ccccc3)c2)cc1. The highest BCUT2D eigenvalue weighted by molar-refractivity contribution is 7.89. The van der Waals surface area contributed by atoms with Crippen molar-refractivity contribution in [3.05, 3.63) is 113 Å². The Bertz CT molecular complexity index is 1380.